The van der Waals surface area contributed by atoms with E-state index in [0.717, 1.165) is 25.7 Å². The monoisotopic (exact) mass is 216 g/mol. The summed E-state index contributed by atoms with van der Waals surface area (Å²) in [5.74, 6) is 11.5. The topological polar surface area (TPSA) is 38.0 Å². The summed E-state index contributed by atoms with van der Waals surface area (Å²) in [6.07, 6.45) is 4.06. The number of nitrogens with one attached hydrogen (secondary N) is 1. The second kappa shape index (κ2) is 7.92. The molecule has 0 bridgehead atoms. The van der Waals surface area contributed by atoms with Crippen LogP contribution in [-0.4, -0.2) is 6.04 Å². The Labute approximate surface area is 98.2 Å². The highest BCUT2D eigenvalue weighted by Crippen LogP contribution is 2.07. The van der Waals surface area contributed by atoms with E-state index in [1.165, 1.54) is 5.56 Å². The van der Waals surface area contributed by atoms with E-state index in [-0.39, 0.29) is 0 Å². The number of benzene rings is 1. The molecule has 1 atom stereocenters. The first kappa shape index (κ1) is 12.8. The quantitative estimate of drug-likeness (QED) is 0.435. The normalized spacial score (nSPS) is 11.6. The average molecular weight is 216 g/mol. The van der Waals surface area contributed by atoms with Crippen molar-refractivity contribution in [1.82, 2.24) is 5.43 Å². The Morgan fingerprint density at radius 2 is 2.00 bits per heavy atom. The number of rotatable bonds is 6. The molecular formula is C14H20N2. The molecule has 0 aliphatic heterocycles. The minimum absolute atomic E-state index is 0.362. The number of hydrogen-bond acceptors (Lipinski definition) is 2. The van der Waals surface area contributed by atoms with Gasteiger partial charge in [-0.3, -0.25) is 11.3 Å². The van der Waals surface area contributed by atoms with Crippen molar-refractivity contribution in [3.8, 4) is 11.8 Å². The van der Waals surface area contributed by atoms with Gasteiger partial charge in [-0.15, -0.1) is 11.8 Å². The van der Waals surface area contributed by atoms with Gasteiger partial charge in [0.15, 0.2) is 0 Å². The van der Waals surface area contributed by atoms with Crippen LogP contribution >= 0.6 is 0 Å². The van der Waals surface area contributed by atoms with Gasteiger partial charge in [0.05, 0.1) is 0 Å². The van der Waals surface area contributed by atoms with Gasteiger partial charge in [0.2, 0.25) is 0 Å². The SMILES string of the molecule is CC#CCCC(CCc1ccccc1)NN. The Balaban J connectivity index is 2.30. The maximum atomic E-state index is 5.52. The average Bonchev–Trinajstić information content (AvgIpc) is 2.35. The van der Waals surface area contributed by atoms with Crippen molar-refractivity contribution in [2.45, 2.75) is 38.6 Å². The molecule has 0 spiro atoms. The summed E-state index contributed by atoms with van der Waals surface area (Å²) in [4.78, 5) is 0. The van der Waals surface area contributed by atoms with Crippen LogP contribution in [0.1, 0.15) is 31.7 Å². The van der Waals surface area contributed by atoms with Crippen LogP contribution in [0.4, 0.5) is 0 Å². The number of aryl methyl sites for hydroxylation is 1. The summed E-state index contributed by atoms with van der Waals surface area (Å²) in [5.41, 5.74) is 4.23. The maximum Gasteiger partial charge on any atom is 0.0222 e. The first-order valence-electron chi connectivity index (χ1n) is 5.76. The van der Waals surface area contributed by atoms with E-state index in [1.54, 1.807) is 0 Å². The van der Waals surface area contributed by atoms with Crippen molar-refractivity contribution in [2.75, 3.05) is 0 Å². The molecule has 2 nitrogen and oxygen atoms in total. The zero-order chi connectivity index (χ0) is 11.6. The summed E-state index contributed by atoms with van der Waals surface area (Å²) in [7, 11) is 0. The van der Waals surface area contributed by atoms with Crippen molar-refractivity contribution in [3.05, 3.63) is 35.9 Å². The highest BCUT2D eigenvalue weighted by atomic mass is 15.2. The summed E-state index contributed by atoms with van der Waals surface area (Å²) < 4.78 is 0. The van der Waals surface area contributed by atoms with Crippen molar-refractivity contribution >= 4 is 0 Å². The van der Waals surface area contributed by atoms with Crippen molar-refractivity contribution < 1.29 is 0 Å². The van der Waals surface area contributed by atoms with Gasteiger partial charge in [-0.25, -0.2) is 0 Å². The molecule has 0 saturated heterocycles. The highest BCUT2D eigenvalue weighted by molar-refractivity contribution is 5.14. The van der Waals surface area contributed by atoms with Crippen molar-refractivity contribution in [2.24, 2.45) is 5.84 Å². The minimum Gasteiger partial charge on any atom is -0.271 e. The van der Waals surface area contributed by atoms with Gasteiger partial charge < -0.3 is 0 Å². The summed E-state index contributed by atoms with van der Waals surface area (Å²) >= 11 is 0. The fourth-order valence-corrected chi connectivity index (χ4v) is 1.67. The lowest BCUT2D eigenvalue weighted by Gasteiger charge is -2.14. The van der Waals surface area contributed by atoms with E-state index in [9.17, 15) is 0 Å². The zero-order valence-corrected chi connectivity index (χ0v) is 9.87. The van der Waals surface area contributed by atoms with E-state index in [2.05, 4.69) is 41.5 Å². The standard InChI is InChI=1S/C14H20N2/c1-2-3-5-10-14(16-15)12-11-13-8-6-4-7-9-13/h4,6-9,14,16H,5,10-12,15H2,1H3. The lowest BCUT2D eigenvalue weighted by atomic mass is 10.0. The van der Waals surface area contributed by atoms with Crippen molar-refractivity contribution in [3.63, 3.8) is 0 Å². The molecule has 0 saturated carbocycles. The molecule has 0 aromatic heterocycles. The lowest BCUT2D eigenvalue weighted by Crippen LogP contribution is -2.35. The summed E-state index contributed by atoms with van der Waals surface area (Å²) in [6.45, 7) is 1.87. The molecule has 86 valence electrons. The van der Waals surface area contributed by atoms with Gasteiger partial charge in [-0.2, -0.15) is 0 Å². The van der Waals surface area contributed by atoms with Crippen LogP contribution in [0.2, 0.25) is 0 Å². The fourth-order valence-electron chi connectivity index (χ4n) is 1.67. The Hall–Kier alpha value is -1.30. The Morgan fingerprint density at radius 3 is 2.62 bits per heavy atom. The molecule has 3 N–H and O–H groups in total. The van der Waals surface area contributed by atoms with Crippen LogP contribution in [0.15, 0.2) is 30.3 Å². The van der Waals surface area contributed by atoms with Crippen LogP contribution in [-0.2, 0) is 6.42 Å². The van der Waals surface area contributed by atoms with Crippen LogP contribution in [0.25, 0.3) is 0 Å². The molecule has 0 aliphatic rings. The molecule has 2 heteroatoms. The third-order valence-electron chi connectivity index (χ3n) is 2.65. The summed E-state index contributed by atoms with van der Waals surface area (Å²) in [6, 6.07) is 10.9. The van der Waals surface area contributed by atoms with E-state index < -0.39 is 0 Å². The van der Waals surface area contributed by atoms with Gasteiger partial charge in [0, 0.05) is 12.5 Å². The van der Waals surface area contributed by atoms with E-state index >= 15 is 0 Å². The molecule has 16 heavy (non-hydrogen) atoms. The van der Waals surface area contributed by atoms with Crippen LogP contribution < -0.4 is 11.3 Å². The second-order valence-electron chi connectivity index (χ2n) is 3.85. The Morgan fingerprint density at radius 1 is 1.25 bits per heavy atom. The molecule has 0 amide bonds. The van der Waals surface area contributed by atoms with Crippen LogP contribution in [0, 0.1) is 11.8 Å². The minimum atomic E-state index is 0.362. The first-order valence-corrected chi connectivity index (χ1v) is 5.76. The molecular weight excluding hydrogens is 196 g/mol. The van der Waals surface area contributed by atoms with Gasteiger partial charge in [0.25, 0.3) is 0 Å². The maximum absolute atomic E-state index is 5.52. The molecule has 1 aromatic rings. The predicted molar refractivity (Wildman–Crippen MR) is 68.6 cm³/mol. The van der Waals surface area contributed by atoms with Gasteiger partial charge >= 0.3 is 0 Å². The Kier molecular flexibility index (Phi) is 6.32. The van der Waals surface area contributed by atoms with Gasteiger partial charge in [0.1, 0.15) is 0 Å². The smallest absolute Gasteiger partial charge is 0.0222 e. The van der Waals surface area contributed by atoms with Crippen molar-refractivity contribution in [1.29, 1.82) is 0 Å². The summed E-state index contributed by atoms with van der Waals surface area (Å²) in [5, 5.41) is 0. The molecule has 0 fully saturated rings. The lowest BCUT2D eigenvalue weighted by molar-refractivity contribution is 0.469. The number of nitrogens with two attached hydrogens (primary N) is 1. The van der Waals surface area contributed by atoms with E-state index in [1.807, 2.05) is 13.0 Å². The molecule has 0 aliphatic carbocycles. The predicted octanol–water partition coefficient (Wildman–Crippen LogP) is 2.25. The zero-order valence-electron chi connectivity index (χ0n) is 9.87. The first-order chi connectivity index (χ1) is 7.86. The molecule has 0 radical (unpaired) electrons. The Bertz CT molecular complexity index is 335. The second-order valence-corrected chi connectivity index (χ2v) is 3.85. The third-order valence-corrected chi connectivity index (χ3v) is 2.65. The molecule has 1 unspecified atom stereocenters. The van der Waals surface area contributed by atoms with Crippen LogP contribution in [0.3, 0.4) is 0 Å². The third kappa shape index (κ3) is 4.97. The largest absolute Gasteiger partial charge is 0.271 e. The number of hydrazine groups is 1. The highest BCUT2D eigenvalue weighted by Gasteiger charge is 2.05. The van der Waals surface area contributed by atoms with Gasteiger partial charge in [-0.05, 0) is 31.7 Å². The molecule has 1 rings (SSSR count). The van der Waals surface area contributed by atoms with E-state index in [0.29, 0.717) is 6.04 Å². The van der Waals surface area contributed by atoms with Crippen LogP contribution in [0.5, 0.6) is 0 Å². The molecule has 0 heterocycles. The fraction of sp³-hybridized carbons (Fsp3) is 0.429. The van der Waals surface area contributed by atoms with Gasteiger partial charge in [-0.1, -0.05) is 30.3 Å². The molecule has 1 aromatic carbocycles. The van der Waals surface area contributed by atoms with E-state index in [4.69, 9.17) is 5.84 Å². The number of hydrogen-bond donors (Lipinski definition) is 2.